The second kappa shape index (κ2) is 18.3. The van der Waals surface area contributed by atoms with E-state index in [9.17, 15) is 9.59 Å². The van der Waals surface area contributed by atoms with E-state index in [1.165, 1.54) is 6.42 Å². The molecule has 0 aliphatic heterocycles. The Kier molecular flexibility index (Phi) is 22.5. The van der Waals surface area contributed by atoms with Gasteiger partial charge >= 0.3 is 6.03 Å². The van der Waals surface area contributed by atoms with Gasteiger partial charge in [0.1, 0.15) is 0 Å². The molecule has 0 fully saturated rings. The van der Waals surface area contributed by atoms with E-state index in [2.05, 4.69) is 33.0 Å². The molecule has 0 aliphatic rings. The number of nitrogens with zero attached hydrogens (tertiary/aromatic N) is 1. The molecule has 18 heavy (non-hydrogen) atoms. The Hall–Kier alpha value is -1.06. The summed E-state index contributed by atoms with van der Waals surface area (Å²) in [6, 6.07) is -0.308. The molecule has 0 aliphatic carbocycles. The smallest absolute Gasteiger partial charge is 0.323 e. The fraction of sp³-hybridized carbons (Fsp3) is 0.857. The molecule has 0 radical (unpaired) electrons. The molecule has 0 aromatic heterocycles. The van der Waals surface area contributed by atoms with E-state index in [0.29, 0.717) is 25.4 Å². The van der Waals surface area contributed by atoms with Crippen molar-refractivity contribution < 1.29 is 9.59 Å². The molecule has 1 atom stereocenters. The summed E-state index contributed by atoms with van der Waals surface area (Å²) in [5.74, 6) is 0.470. The Morgan fingerprint density at radius 1 is 1.22 bits per heavy atom. The maximum Gasteiger partial charge on any atom is 0.323 e. The summed E-state index contributed by atoms with van der Waals surface area (Å²) in [7, 11) is 0. The number of urea groups is 1. The van der Waals surface area contributed by atoms with E-state index in [0.717, 1.165) is 6.42 Å². The van der Waals surface area contributed by atoms with Crippen LogP contribution in [-0.4, -0.2) is 30.4 Å². The van der Waals surface area contributed by atoms with E-state index in [1.54, 1.807) is 4.90 Å². The first-order valence-electron chi connectivity index (χ1n) is 7.06. The van der Waals surface area contributed by atoms with Gasteiger partial charge in [-0.1, -0.05) is 54.4 Å². The third kappa shape index (κ3) is 14.9. The van der Waals surface area contributed by atoms with E-state index in [-0.39, 0.29) is 6.03 Å². The zero-order valence-electron chi connectivity index (χ0n) is 13.2. The lowest BCUT2D eigenvalue weighted by atomic mass is 10.1. The quantitative estimate of drug-likeness (QED) is 0.767. The predicted octanol–water partition coefficient (Wildman–Crippen LogP) is 3.66. The second-order valence-electron chi connectivity index (χ2n) is 3.83. The van der Waals surface area contributed by atoms with E-state index < -0.39 is 0 Å². The first-order valence-corrected chi connectivity index (χ1v) is 7.06. The van der Waals surface area contributed by atoms with Crippen molar-refractivity contribution in [3.05, 3.63) is 0 Å². The molecular weight excluding hydrogens is 228 g/mol. The molecule has 0 spiro atoms. The SMILES string of the molecule is CC.CCC.CCC(C)CN(CC)C(=O)NC=O. The fourth-order valence-corrected chi connectivity index (χ4v) is 1.00. The van der Waals surface area contributed by atoms with Crippen LogP contribution >= 0.6 is 0 Å². The maximum atomic E-state index is 11.2. The number of carbonyl (C=O) groups is 2. The number of amides is 3. The van der Waals surface area contributed by atoms with Crippen molar-refractivity contribution in [1.29, 1.82) is 0 Å². The molecule has 0 rings (SSSR count). The lowest BCUT2D eigenvalue weighted by Gasteiger charge is -2.22. The molecule has 0 saturated heterocycles. The Bertz CT molecular complexity index is 185. The van der Waals surface area contributed by atoms with Gasteiger partial charge in [-0.15, -0.1) is 0 Å². The van der Waals surface area contributed by atoms with Crippen molar-refractivity contribution in [2.45, 2.75) is 61.3 Å². The van der Waals surface area contributed by atoms with E-state index in [4.69, 9.17) is 0 Å². The van der Waals surface area contributed by atoms with Gasteiger partial charge in [-0.2, -0.15) is 0 Å². The molecule has 0 aromatic rings. The fourth-order valence-electron chi connectivity index (χ4n) is 1.00. The van der Waals surface area contributed by atoms with Crippen LogP contribution in [0, 0.1) is 5.92 Å². The van der Waals surface area contributed by atoms with Crippen LogP contribution in [0.15, 0.2) is 0 Å². The first-order chi connectivity index (χ1) is 8.56. The van der Waals surface area contributed by atoms with Crippen LogP contribution in [-0.2, 0) is 4.79 Å². The topological polar surface area (TPSA) is 49.4 Å². The number of nitrogens with one attached hydrogen (secondary N) is 1. The van der Waals surface area contributed by atoms with Crippen LogP contribution in [0.2, 0.25) is 0 Å². The predicted molar refractivity (Wildman–Crippen MR) is 78.6 cm³/mol. The standard InChI is InChI=1S/C9H18N2O2.C3H8.C2H6/c1-4-8(3)6-11(5-2)9(13)10-7-12;1-3-2;1-2/h7-8H,4-6H2,1-3H3,(H,10,12,13);3H2,1-2H3;1-2H3. The lowest BCUT2D eigenvalue weighted by Crippen LogP contribution is -2.41. The van der Waals surface area contributed by atoms with Crippen LogP contribution in [0.4, 0.5) is 4.79 Å². The average Bonchev–Trinajstić information content (AvgIpc) is 2.39. The molecule has 4 heteroatoms. The molecule has 0 bridgehead atoms. The summed E-state index contributed by atoms with van der Waals surface area (Å²) in [5, 5.41) is 2.13. The van der Waals surface area contributed by atoms with Gasteiger partial charge in [-0.25, -0.2) is 4.79 Å². The van der Waals surface area contributed by atoms with Gasteiger partial charge < -0.3 is 4.90 Å². The Morgan fingerprint density at radius 2 is 1.67 bits per heavy atom. The van der Waals surface area contributed by atoms with Crippen molar-refractivity contribution in [2.75, 3.05) is 13.1 Å². The van der Waals surface area contributed by atoms with Crippen molar-refractivity contribution in [2.24, 2.45) is 5.92 Å². The highest BCUT2D eigenvalue weighted by atomic mass is 16.2. The minimum atomic E-state index is -0.308. The van der Waals surface area contributed by atoms with Crippen molar-refractivity contribution >= 4 is 12.4 Å². The van der Waals surface area contributed by atoms with Gasteiger partial charge in [-0.05, 0) is 12.8 Å². The van der Waals surface area contributed by atoms with Crippen LogP contribution in [0.5, 0.6) is 0 Å². The number of imide groups is 1. The van der Waals surface area contributed by atoms with Gasteiger partial charge in [0, 0.05) is 13.1 Å². The van der Waals surface area contributed by atoms with E-state index >= 15 is 0 Å². The minimum absolute atomic E-state index is 0.308. The Morgan fingerprint density at radius 3 is 1.94 bits per heavy atom. The molecule has 1 unspecified atom stereocenters. The number of hydrogen-bond acceptors (Lipinski definition) is 2. The van der Waals surface area contributed by atoms with Gasteiger partial charge in [0.15, 0.2) is 0 Å². The van der Waals surface area contributed by atoms with Gasteiger partial charge in [0.05, 0.1) is 0 Å². The minimum Gasteiger partial charge on any atom is -0.324 e. The lowest BCUT2D eigenvalue weighted by molar-refractivity contribution is -0.108. The zero-order valence-corrected chi connectivity index (χ0v) is 13.2. The Balaban J connectivity index is -0.000000389. The zero-order chi connectivity index (χ0) is 15.0. The first kappa shape index (κ1) is 22.1. The average molecular weight is 260 g/mol. The third-order valence-corrected chi connectivity index (χ3v) is 2.08. The molecule has 0 aromatic carbocycles. The normalized spacial score (nSPS) is 9.94. The molecule has 110 valence electrons. The molecule has 3 amide bonds. The summed E-state index contributed by atoms with van der Waals surface area (Å²) >= 11 is 0. The van der Waals surface area contributed by atoms with Gasteiger partial charge in [-0.3, -0.25) is 10.1 Å². The molecular formula is C14H32N2O2. The summed E-state index contributed by atoms with van der Waals surface area (Å²) in [6.45, 7) is 15.6. The second-order valence-corrected chi connectivity index (χ2v) is 3.83. The third-order valence-electron chi connectivity index (χ3n) is 2.08. The highest BCUT2D eigenvalue weighted by Gasteiger charge is 2.12. The summed E-state index contributed by atoms with van der Waals surface area (Å²) < 4.78 is 0. The summed E-state index contributed by atoms with van der Waals surface area (Å²) in [5.41, 5.74) is 0. The van der Waals surface area contributed by atoms with E-state index in [1.807, 2.05) is 20.8 Å². The number of rotatable bonds is 5. The van der Waals surface area contributed by atoms with Crippen LogP contribution in [0.3, 0.4) is 0 Å². The molecule has 0 heterocycles. The molecule has 4 nitrogen and oxygen atoms in total. The number of hydrogen-bond donors (Lipinski definition) is 1. The van der Waals surface area contributed by atoms with Crippen LogP contribution < -0.4 is 5.32 Å². The highest BCUT2D eigenvalue weighted by Crippen LogP contribution is 2.03. The molecule has 0 saturated carbocycles. The van der Waals surface area contributed by atoms with Crippen molar-refractivity contribution in [3.8, 4) is 0 Å². The van der Waals surface area contributed by atoms with Crippen LogP contribution in [0.25, 0.3) is 0 Å². The molecule has 1 N–H and O–H groups in total. The van der Waals surface area contributed by atoms with Crippen molar-refractivity contribution in [1.82, 2.24) is 10.2 Å². The summed E-state index contributed by atoms with van der Waals surface area (Å²) in [6.07, 6.45) is 2.70. The van der Waals surface area contributed by atoms with Crippen molar-refractivity contribution in [3.63, 3.8) is 0 Å². The van der Waals surface area contributed by atoms with Crippen LogP contribution in [0.1, 0.15) is 61.3 Å². The summed E-state index contributed by atoms with van der Waals surface area (Å²) in [4.78, 5) is 22.9. The maximum absolute atomic E-state index is 11.2. The monoisotopic (exact) mass is 260 g/mol. The number of carbonyl (C=O) groups excluding carboxylic acids is 2. The highest BCUT2D eigenvalue weighted by molar-refractivity contribution is 5.84. The largest absolute Gasteiger partial charge is 0.324 e. The Labute approximate surface area is 113 Å². The van der Waals surface area contributed by atoms with Gasteiger partial charge in [0.25, 0.3) is 0 Å². The van der Waals surface area contributed by atoms with Gasteiger partial charge in [0.2, 0.25) is 6.41 Å².